The molecule has 4 aromatic rings. The van der Waals surface area contributed by atoms with Crippen molar-refractivity contribution in [3.8, 4) is 6.19 Å². The number of hydrogen-bond acceptors (Lipinski definition) is 15. The number of nitrogen functional groups attached to an aromatic ring is 1. The van der Waals surface area contributed by atoms with Gasteiger partial charge in [-0.25, -0.2) is 8.42 Å². The average Bonchev–Trinajstić information content (AvgIpc) is 2.90. The van der Waals surface area contributed by atoms with Crippen LogP contribution >= 0.6 is 25.3 Å². The number of sulfone groups is 1. The zero-order chi connectivity index (χ0) is 28.7. The fourth-order valence-corrected chi connectivity index (χ4v) is 4.71. The largest absolute Gasteiger partial charge is 0.398 e. The van der Waals surface area contributed by atoms with E-state index in [1.165, 1.54) is 24.3 Å². The molecule has 1 heterocycles. The van der Waals surface area contributed by atoms with Gasteiger partial charge >= 0.3 is 0 Å². The Labute approximate surface area is 240 Å². The highest BCUT2D eigenvalue weighted by Gasteiger charge is 2.14. The highest BCUT2D eigenvalue weighted by molar-refractivity contribution is 7.91. The van der Waals surface area contributed by atoms with Gasteiger partial charge in [-0.15, -0.1) is 30.4 Å². The number of thiol groups is 2. The summed E-state index contributed by atoms with van der Waals surface area (Å²) in [6.07, 6.45) is 1.78. The molecule has 16 heteroatoms. The Kier molecular flexibility index (Phi) is 9.01. The summed E-state index contributed by atoms with van der Waals surface area (Å²) in [5.41, 5.74) is 8.15. The molecule has 0 unspecified atom stereocenters. The molecule has 40 heavy (non-hydrogen) atoms. The molecule has 0 aliphatic rings. The number of nitrogens with two attached hydrogens (primary N) is 1. The molecule has 0 radical (unpaired) electrons. The minimum absolute atomic E-state index is 0.0114. The van der Waals surface area contributed by atoms with Crippen molar-refractivity contribution in [1.29, 1.82) is 5.26 Å². The summed E-state index contributed by atoms with van der Waals surface area (Å²) in [7, 11) is -3.59. The molecular formula is C24H22N10O3S3. The summed E-state index contributed by atoms with van der Waals surface area (Å²) in [6.45, 7) is -0.474. The van der Waals surface area contributed by atoms with Gasteiger partial charge in [0.25, 0.3) is 0 Å². The third-order valence-electron chi connectivity index (χ3n) is 5.13. The van der Waals surface area contributed by atoms with Crippen LogP contribution in [-0.2, 0) is 9.84 Å². The van der Waals surface area contributed by atoms with Gasteiger partial charge in [-0.05, 0) is 54.6 Å². The minimum Gasteiger partial charge on any atom is -0.398 e. The van der Waals surface area contributed by atoms with E-state index in [0.717, 1.165) is 4.90 Å². The van der Waals surface area contributed by atoms with Crippen LogP contribution in [0.15, 0.2) is 85.6 Å². The van der Waals surface area contributed by atoms with Gasteiger partial charge in [0.2, 0.25) is 17.8 Å². The van der Waals surface area contributed by atoms with E-state index in [-0.39, 0.29) is 28.5 Å². The van der Waals surface area contributed by atoms with Crippen LogP contribution in [0.5, 0.6) is 0 Å². The number of hydrogen-bond donors (Lipinski definition) is 7. The maximum atomic E-state index is 12.1. The number of anilines is 6. The number of nitrogens with zero attached hydrogens (tertiary/aromatic N) is 6. The second kappa shape index (κ2) is 12.6. The first-order valence-corrected chi connectivity index (χ1v) is 13.9. The lowest BCUT2D eigenvalue weighted by atomic mass is 10.2. The molecule has 204 valence electrons. The highest BCUT2D eigenvalue weighted by atomic mass is 32.2. The number of aliphatic hydroxyl groups excluding tert-OH is 1. The van der Waals surface area contributed by atoms with Gasteiger partial charge in [0.05, 0.1) is 28.6 Å². The van der Waals surface area contributed by atoms with Crippen molar-refractivity contribution in [2.24, 2.45) is 10.2 Å². The Hall–Kier alpha value is -4.43. The van der Waals surface area contributed by atoms with Crippen molar-refractivity contribution < 1.29 is 13.5 Å². The van der Waals surface area contributed by atoms with E-state index in [0.29, 0.717) is 33.3 Å². The fraction of sp³-hybridized carbons (Fsp3) is 0.0833. The molecule has 0 atom stereocenters. The Morgan fingerprint density at radius 3 is 2.33 bits per heavy atom. The van der Waals surface area contributed by atoms with Crippen molar-refractivity contribution in [2.45, 2.75) is 14.7 Å². The number of benzene rings is 3. The van der Waals surface area contributed by atoms with Gasteiger partial charge in [0, 0.05) is 21.2 Å². The highest BCUT2D eigenvalue weighted by Crippen LogP contribution is 2.35. The Bertz CT molecular complexity index is 1710. The van der Waals surface area contributed by atoms with Crippen LogP contribution < -0.4 is 21.7 Å². The van der Waals surface area contributed by atoms with Gasteiger partial charge < -0.3 is 21.5 Å². The smallest absolute Gasteiger partial charge is 0.242 e. The first kappa shape index (κ1) is 28.6. The van der Waals surface area contributed by atoms with Crippen LogP contribution in [0, 0.1) is 11.5 Å². The van der Waals surface area contributed by atoms with Crippen molar-refractivity contribution >= 4 is 81.4 Å². The number of nitrogens with one attached hydrogen (secondary N) is 3. The third kappa shape index (κ3) is 7.36. The zero-order valence-corrected chi connectivity index (χ0v) is 23.1. The van der Waals surface area contributed by atoms with E-state index in [2.05, 4.69) is 66.4 Å². The molecule has 0 spiro atoms. The quantitative estimate of drug-likeness (QED) is 0.0444. The van der Waals surface area contributed by atoms with Gasteiger partial charge in [0.15, 0.2) is 16.0 Å². The van der Waals surface area contributed by atoms with Crippen molar-refractivity contribution in [1.82, 2.24) is 15.0 Å². The van der Waals surface area contributed by atoms with Gasteiger partial charge in [-0.1, -0.05) is 6.07 Å². The molecule has 13 nitrogen and oxygen atoms in total. The molecule has 1 aromatic heterocycles. The minimum atomic E-state index is -3.59. The summed E-state index contributed by atoms with van der Waals surface area (Å²) in [6, 6.07) is 16.1. The predicted molar refractivity (Wildman–Crippen MR) is 157 cm³/mol. The summed E-state index contributed by atoms with van der Waals surface area (Å²) >= 11 is 8.69. The predicted octanol–water partition coefficient (Wildman–Crippen LogP) is 4.59. The molecule has 3 aromatic carbocycles. The van der Waals surface area contributed by atoms with Crippen LogP contribution in [0.2, 0.25) is 0 Å². The maximum absolute atomic E-state index is 12.1. The maximum Gasteiger partial charge on any atom is 0.242 e. The molecule has 0 bridgehead atoms. The lowest BCUT2D eigenvalue weighted by Crippen LogP contribution is -2.09. The molecule has 0 aliphatic heterocycles. The molecule has 0 amide bonds. The Morgan fingerprint density at radius 2 is 1.65 bits per heavy atom. The topological polar surface area (TPSA) is 204 Å². The van der Waals surface area contributed by atoms with E-state index in [1.807, 2.05) is 6.07 Å². The van der Waals surface area contributed by atoms with Crippen LogP contribution in [0.25, 0.3) is 0 Å². The van der Waals surface area contributed by atoms with Crippen LogP contribution in [-0.4, -0.2) is 40.8 Å². The van der Waals surface area contributed by atoms with Crippen molar-refractivity contribution in [3.05, 3.63) is 60.7 Å². The van der Waals surface area contributed by atoms with E-state index in [9.17, 15) is 8.42 Å². The molecule has 0 aliphatic carbocycles. The lowest BCUT2D eigenvalue weighted by Gasteiger charge is -2.12. The third-order valence-corrected chi connectivity index (χ3v) is 7.50. The molecule has 6 N–H and O–H groups in total. The second-order valence-electron chi connectivity index (χ2n) is 8.01. The fourth-order valence-electron chi connectivity index (χ4n) is 3.27. The Balaban J connectivity index is 1.64. The molecule has 4 rings (SSSR count). The number of aliphatic hydroxyl groups is 1. The van der Waals surface area contributed by atoms with Gasteiger partial charge in [0.1, 0.15) is 5.69 Å². The van der Waals surface area contributed by atoms with Crippen LogP contribution in [0.1, 0.15) is 0 Å². The molecular weight excluding hydrogens is 573 g/mol. The Morgan fingerprint density at radius 1 is 0.950 bits per heavy atom. The van der Waals surface area contributed by atoms with Gasteiger partial charge in [-0.3, -0.25) is 5.32 Å². The van der Waals surface area contributed by atoms with E-state index in [4.69, 9.17) is 16.1 Å². The average molecular weight is 595 g/mol. The summed E-state index contributed by atoms with van der Waals surface area (Å²) in [4.78, 5) is 14.0. The van der Waals surface area contributed by atoms with E-state index in [1.54, 1.807) is 36.5 Å². The van der Waals surface area contributed by atoms with E-state index < -0.39 is 16.4 Å². The van der Waals surface area contributed by atoms with Crippen molar-refractivity contribution in [3.63, 3.8) is 0 Å². The normalized spacial score (nSPS) is 11.2. The van der Waals surface area contributed by atoms with Crippen molar-refractivity contribution in [2.75, 3.05) is 34.0 Å². The second-order valence-corrected chi connectivity index (χ2v) is 11.1. The molecule has 0 fully saturated rings. The van der Waals surface area contributed by atoms with Crippen LogP contribution in [0.4, 0.5) is 46.3 Å². The first-order valence-electron chi connectivity index (χ1n) is 11.4. The molecule has 0 saturated heterocycles. The lowest BCUT2D eigenvalue weighted by molar-refractivity contribution is 0.319. The monoisotopic (exact) mass is 594 g/mol. The first-order chi connectivity index (χ1) is 19.2. The number of aromatic nitrogens is 3. The SMILES string of the molecule is N#CNc1nc(Nc2cccc(S)c2)nc(Nc2cc(N)c(S)cc2N=Nc2ccc(S(=O)(=O)CCO)cc2)n1. The number of azo groups is 1. The number of nitriles is 1. The summed E-state index contributed by atoms with van der Waals surface area (Å²) in [5, 5.41) is 34.9. The zero-order valence-electron chi connectivity index (χ0n) is 20.5. The van der Waals surface area contributed by atoms with Gasteiger partial charge in [-0.2, -0.15) is 25.3 Å². The number of rotatable bonds is 10. The summed E-state index contributed by atoms with van der Waals surface area (Å²) < 4.78 is 24.3. The van der Waals surface area contributed by atoms with E-state index >= 15 is 0 Å². The summed E-state index contributed by atoms with van der Waals surface area (Å²) in [5.74, 6) is -0.172. The standard InChI is InChI=1S/C24H22N10O3S3/c25-13-27-22-30-23(28-15-2-1-3-16(38)10-15)32-24(31-22)29-19-11-18(26)21(39)12-20(19)34-33-14-4-6-17(7-5-14)40(36,37)9-8-35/h1-7,10-12,35,38-39H,8-9,26H2,(H3,27,28,29,30,31,32). The van der Waals surface area contributed by atoms with Crippen LogP contribution in [0.3, 0.4) is 0 Å². The molecule has 0 saturated carbocycles.